The second-order valence-electron chi connectivity index (χ2n) is 8.86. The third kappa shape index (κ3) is 4.64. The summed E-state index contributed by atoms with van der Waals surface area (Å²) in [5.74, 6) is -3.23. The van der Waals surface area contributed by atoms with E-state index in [1.807, 2.05) is 43.3 Å². The number of aryl methyl sites for hydroxylation is 1. The van der Waals surface area contributed by atoms with Crippen molar-refractivity contribution >= 4 is 40.4 Å². The molecule has 1 amide bonds. The van der Waals surface area contributed by atoms with Crippen LogP contribution in [0.15, 0.2) is 60.7 Å². The molecule has 3 aromatic carbocycles. The molecule has 1 saturated heterocycles. The molecule has 3 N–H and O–H groups in total. The van der Waals surface area contributed by atoms with Gasteiger partial charge in [-0.15, -0.1) is 11.8 Å². The highest BCUT2D eigenvalue weighted by Crippen LogP contribution is 2.39. The highest BCUT2D eigenvalue weighted by molar-refractivity contribution is 7.99. The van der Waals surface area contributed by atoms with E-state index in [9.17, 15) is 29.7 Å². The first kappa shape index (κ1) is 24.1. The predicted molar refractivity (Wildman–Crippen MR) is 138 cm³/mol. The number of aliphatic carboxylic acids is 2. The summed E-state index contributed by atoms with van der Waals surface area (Å²) in [5, 5.41) is 32.5. The van der Waals surface area contributed by atoms with Crippen LogP contribution in [-0.2, 0) is 27.3 Å². The van der Waals surface area contributed by atoms with Crippen molar-refractivity contribution in [3.8, 4) is 5.75 Å². The maximum absolute atomic E-state index is 13.0. The van der Waals surface area contributed by atoms with Crippen LogP contribution in [0.3, 0.4) is 0 Å². The molecule has 188 valence electrons. The number of thioether (sulfide) groups is 1. The number of fused-ring (bicyclic) bond motifs is 1. The van der Waals surface area contributed by atoms with Gasteiger partial charge in [-0.25, -0.2) is 4.79 Å². The minimum atomic E-state index is -1.97. The summed E-state index contributed by atoms with van der Waals surface area (Å²) in [5.41, 5.74) is 0.258. The Morgan fingerprint density at radius 2 is 1.83 bits per heavy atom. The Morgan fingerprint density at radius 3 is 2.50 bits per heavy atom. The molecule has 8 nitrogen and oxygen atoms in total. The molecule has 0 unspecified atom stereocenters. The number of phenolic OH excluding ortho intramolecular Hbond substituents is 1. The number of benzene rings is 3. The number of rotatable bonds is 8. The molecule has 9 heteroatoms. The summed E-state index contributed by atoms with van der Waals surface area (Å²) in [7, 11) is 0. The molecule has 0 radical (unpaired) electrons. The topological polar surface area (TPSA) is 118 Å². The van der Waals surface area contributed by atoms with E-state index in [1.165, 1.54) is 28.8 Å². The zero-order chi connectivity index (χ0) is 26.7. The van der Waals surface area contributed by atoms with Gasteiger partial charge in [0, 0.05) is 20.6 Å². The summed E-state index contributed by atoms with van der Waals surface area (Å²) in [6.07, 6.45) is -0.0535. The number of hydrogen-bond donors (Lipinski definition) is 3. The van der Waals surface area contributed by atoms with Gasteiger partial charge >= 0.3 is 11.9 Å². The fourth-order valence-electron chi connectivity index (χ4n) is 4.79. The van der Waals surface area contributed by atoms with E-state index < -0.39 is 36.5 Å². The van der Waals surface area contributed by atoms with Gasteiger partial charge in [0.25, 0.3) is 0 Å². The number of amides is 1. The van der Waals surface area contributed by atoms with Crippen molar-refractivity contribution in [1.82, 2.24) is 9.80 Å². The zero-order valence-electron chi connectivity index (χ0n) is 20.8. The van der Waals surface area contributed by atoms with Crippen LogP contribution in [0, 0.1) is 6.92 Å². The standard InChI is InChI=1S/C27H28N2O6S/c1-17-7-10-20-5-3-4-6-22(20)23(17)14-28(27(26(34)35)15-36-16-29(27)18(2)30)24(25(32)33)13-19-8-11-21(31)12-9-19/h3-12,24,31H,13-16H2,1-2H3,(H,32,33)(H,34,35)/t24-,27-/m0/s1/i2D. The first-order chi connectivity index (χ1) is 17.7. The normalized spacial score (nSPS) is 18.8. The summed E-state index contributed by atoms with van der Waals surface area (Å²) in [4.78, 5) is 41.1. The molecular weight excluding hydrogens is 480 g/mol. The van der Waals surface area contributed by atoms with Crippen molar-refractivity contribution in [3.63, 3.8) is 0 Å². The number of nitrogens with zero attached hydrogens (tertiary/aromatic N) is 2. The molecule has 1 fully saturated rings. The lowest BCUT2D eigenvalue weighted by atomic mass is 9.94. The molecule has 36 heavy (non-hydrogen) atoms. The Bertz CT molecular complexity index is 1330. The van der Waals surface area contributed by atoms with E-state index >= 15 is 0 Å². The third-order valence-electron chi connectivity index (χ3n) is 6.72. The van der Waals surface area contributed by atoms with E-state index in [2.05, 4.69) is 0 Å². The minimum absolute atomic E-state index is 0.0280. The second-order valence-corrected chi connectivity index (χ2v) is 9.81. The monoisotopic (exact) mass is 509 g/mol. The molecule has 3 aromatic rings. The average Bonchev–Trinajstić information content (AvgIpc) is 3.34. The van der Waals surface area contributed by atoms with E-state index in [-0.39, 0.29) is 30.3 Å². The average molecular weight is 510 g/mol. The molecule has 4 rings (SSSR count). The summed E-state index contributed by atoms with van der Waals surface area (Å²) in [6.45, 7) is 1.20. The lowest BCUT2D eigenvalue weighted by molar-refractivity contribution is -0.177. The largest absolute Gasteiger partial charge is 0.508 e. The SMILES string of the molecule is [2H]CC(=O)N1CSC[C@]1(C(=O)O)N(Cc1c(C)ccc2ccccc12)[C@@H](Cc1ccc(O)cc1)C(=O)O. The van der Waals surface area contributed by atoms with Crippen molar-refractivity contribution in [1.29, 1.82) is 0 Å². The number of hydrogen-bond acceptors (Lipinski definition) is 6. The van der Waals surface area contributed by atoms with Crippen LogP contribution in [-0.4, -0.2) is 66.3 Å². The Morgan fingerprint density at radius 1 is 1.11 bits per heavy atom. The number of carboxylic acid groups (broad SMARTS) is 2. The smallest absolute Gasteiger partial charge is 0.346 e. The Hall–Kier alpha value is -3.56. The van der Waals surface area contributed by atoms with Gasteiger partial charge in [0.1, 0.15) is 11.8 Å². The molecule has 0 bridgehead atoms. The lowest BCUT2D eigenvalue weighted by Crippen LogP contribution is -2.68. The molecule has 1 heterocycles. The van der Waals surface area contributed by atoms with Crippen molar-refractivity contribution in [2.45, 2.75) is 38.5 Å². The van der Waals surface area contributed by atoms with Crippen LogP contribution < -0.4 is 0 Å². The maximum atomic E-state index is 13.0. The fraction of sp³-hybridized carbons (Fsp3) is 0.296. The first-order valence-electron chi connectivity index (χ1n) is 12.0. The first-order valence-corrected chi connectivity index (χ1v) is 12.5. The lowest BCUT2D eigenvalue weighted by Gasteiger charge is -2.45. The van der Waals surface area contributed by atoms with E-state index in [4.69, 9.17) is 1.37 Å². The summed E-state index contributed by atoms with van der Waals surface area (Å²) in [6, 6.07) is 16.2. The van der Waals surface area contributed by atoms with Crippen molar-refractivity contribution in [2.75, 3.05) is 11.6 Å². The second kappa shape index (κ2) is 10.2. The summed E-state index contributed by atoms with van der Waals surface area (Å²) >= 11 is 1.22. The molecule has 0 aliphatic carbocycles. The Labute approximate surface area is 214 Å². The van der Waals surface area contributed by atoms with Gasteiger partial charge in [-0.3, -0.25) is 14.5 Å². The van der Waals surface area contributed by atoms with E-state index in [0.717, 1.165) is 26.8 Å². The third-order valence-corrected chi connectivity index (χ3v) is 7.77. The number of aromatic hydroxyl groups is 1. The predicted octanol–water partition coefficient (Wildman–Crippen LogP) is 3.69. The molecule has 0 spiro atoms. The van der Waals surface area contributed by atoms with Gasteiger partial charge in [-0.2, -0.15) is 0 Å². The number of carbonyl (C=O) groups is 3. The molecule has 0 saturated carbocycles. The van der Waals surface area contributed by atoms with Crippen molar-refractivity contribution < 1.29 is 31.1 Å². The van der Waals surface area contributed by atoms with Gasteiger partial charge in [-0.1, -0.05) is 48.5 Å². The van der Waals surface area contributed by atoms with Crippen LogP contribution >= 0.6 is 11.8 Å². The van der Waals surface area contributed by atoms with Gasteiger partial charge in [0.05, 0.1) is 5.88 Å². The van der Waals surface area contributed by atoms with E-state index in [0.29, 0.717) is 5.56 Å². The fourth-order valence-corrected chi connectivity index (χ4v) is 6.15. The van der Waals surface area contributed by atoms with Crippen LogP contribution in [0.4, 0.5) is 0 Å². The Kier molecular flexibility index (Phi) is 6.84. The van der Waals surface area contributed by atoms with Gasteiger partial charge in [0.15, 0.2) is 0 Å². The number of phenols is 1. The molecule has 2 atom stereocenters. The van der Waals surface area contributed by atoms with Gasteiger partial charge in [-0.05, 0) is 52.9 Å². The van der Waals surface area contributed by atoms with Crippen LogP contribution in [0.1, 0.15) is 25.0 Å². The summed E-state index contributed by atoms with van der Waals surface area (Å²) < 4.78 is 7.63. The van der Waals surface area contributed by atoms with Crippen LogP contribution in [0.5, 0.6) is 5.75 Å². The number of carbonyl (C=O) groups excluding carboxylic acids is 1. The van der Waals surface area contributed by atoms with Crippen LogP contribution in [0.2, 0.25) is 0 Å². The molecule has 1 aliphatic rings. The maximum Gasteiger partial charge on any atom is 0.346 e. The van der Waals surface area contributed by atoms with Crippen molar-refractivity contribution in [2.24, 2.45) is 0 Å². The van der Waals surface area contributed by atoms with Gasteiger partial charge in [0.2, 0.25) is 11.6 Å². The quantitative estimate of drug-likeness (QED) is 0.421. The highest BCUT2D eigenvalue weighted by atomic mass is 32.2. The van der Waals surface area contributed by atoms with Crippen molar-refractivity contribution in [3.05, 3.63) is 77.4 Å². The Balaban J connectivity index is 1.91. The number of carboxylic acids is 2. The molecule has 1 aliphatic heterocycles. The minimum Gasteiger partial charge on any atom is -0.508 e. The van der Waals surface area contributed by atoms with E-state index in [1.54, 1.807) is 12.1 Å². The zero-order valence-corrected chi connectivity index (χ0v) is 20.6. The van der Waals surface area contributed by atoms with Gasteiger partial charge < -0.3 is 20.2 Å². The van der Waals surface area contributed by atoms with Crippen LogP contribution in [0.25, 0.3) is 10.8 Å². The molecular formula is C27H28N2O6S. The highest BCUT2D eigenvalue weighted by Gasteiger charge is 2.57. The molecule has 0 aromatic heterocycles.